The predicted octanol–water partition coefficient (Wildman–Crippen LogP) is 2.81. The maximum absolute atomic E-state index is 11.6. The summed E-state index contributed by atoms with van der Waals surface area (Å²) in [5, 5.41) is 0.0130. The van der Waals surface area contributed by atoms with Gasteiger partial charge in [-0.25, -0.2) is 4.79 Å². The molecule has 1 rings (SSSR count). The second-order valence-corrected chi connectivity index (χ2v) is 3.85. The smallest absolute Gasteiger partial charge is 0.341 e. The van der Waals surface area contributed by atoms with Gasteiger partial charge in [0.05, 0.1) is 28.4 Å². The summed E-state index contributed by atoms with van der Waals surface area (Å²) >= 11 is 12.1. The first-order valence-corrected chi connectivity index (χ1v) is 5.54. The number of carbonyl (C=O) groups is 1. The minimum absolute atomic E-state index is 0.00648. The fourth-order valence-electron chi connectivity index (χ4n) is 1.46. The summed E-state index contributed by atoms with van der Waals surface area (Å²) in [7, 11) is 5.40. The van der Waals surface area contributed by atoms with Crippen LogP contribution in [0.1, 0.15) is 10.4 Å². The van der Waals surface area contributed by atoms with Crippen LogP contribution in [0.2, 0.25) is 10.0 Å². The van der Waals surface area contributed by atoms with Crippen LogP contribution < -0.4 is 14.2 Å². The van der Waals surface area contributed by atoms with E-state index >= 15 is 0 Å². The van der Waals surface area contributed by atoms with E-state index in [1.54, 1.807) is 0 Å². The number of hydrogen-bond acceptors (Lipinski definition) is 5. The molecular formula is C11H12Cl2O5. The van der Waals surface area contributed by atoms with Crippen LogP contribution in [0.15, 0.2) is 0 Å². The monoisotopic (exact) mass is 294 g/mol. The van der Waals surface area contributed by atoms with Crippen LogP contribution in [0.4, 0.5) is 0 Å². The van der Waals surface area contributed by atoms with Crippen molar-refractivity contribution in [3.05, 3.63) is 15.6 Å². The van der Waals surface area contributed by atoms with E-state index in [1.807, 2.05) is 0 Å². The van der Waals surface area contributed by atoms with Crippen LogP contribution >= 0.6 is 23.2 Å². The SMILES string of the molecule is COC(=O)c1c(Cl)c(OC)c(OC)c(OC)c1Cl. The Morgan fingerprint density at radius 2 is 1.22 bits per heavy atom. The third-order valence-electron chi connectivity index (χ3n) is 2.25. The number of methoxy groups -OCH3 is 4. The van der Waals surface area contributed by atoms with Gasteiger partial charge >= 0.3 is 5.97 Å². The molecule has 5 nitrogen and oxygen atoms in total. The summed E-state index contributed by atoms with van der Waals surface area (Å²) in [5.74, 6) is -0.173. The minimum Gasteiger partial charge on any atom is -0.491 e. The van der Waals surface area contributed by atoms with Gasteiger partial charge in [0, 0.05) is 0 Å². The van der Waals surface area contributed by atoms with E-state index < -0.39 is 5.97 Å². The summed E-state index contributed by atoms with van der Waals surface area (Å²) in [6.45, 7) is 0. The number of esters is 1. The Balaban J connectivity index is 3.69. The van der Waals surface area contributed by atoms with E-state index in [9.17, 15) is 4.79 Å². The van der Waals surface area contributed by atoms with Gasteiger partial charge in [-0.1, -0.05) is 23.2 Å². The van der Waals surface area contributed by atoms with Crippen molar-refractivity contribution in [1.82, 2.24) is 0 Å². The zero-order valence-electron chi connectivity index (χ0n) is 10.3. The Morgan fingerprint density at radius 3 is 1.50 bits per heavy atom. The molecule has 0 spiro atoms. The second kappa shape index (κ2) is 6.02. The van der Waals surface area contributed by atoms with E-state index in [2.05, 4.69) is 4.74 Å². The van der Waals surface area contributed by atoms with Crippen LogP contribution in [0, 0.1) is 0 Å². The largest absolute Gasteiger partial charge is 0.491 e. The zero-order valence-corrected chi connectivity index (χ0v) is 11.8. The average Bonchev–Trinajstić information content (AvgIpc) is 2.37. The highest BCUT2D eigenvalue weighted by Gasteiger charge is 2.28. The Hall–Kier alpha value is -1.33. The highest BCUT2D eigenvalue weighted by atomic mass is 35.5. The fraction of sp³-hybridized carbons (Fsp3) is 0.364. The third kappa shape index (κ3) is 2.28. The molecule has 100 valence electrons. The predicted molar refractivity (Wildman–Crippen MR) is 67.5 cm³/mol. The molecule has 0 amide bonds. The molecule has 7 heteroatoms. The van der Waals surface area contributed by atoms with Gasteiger partial charge in [-0.05, 0) is 0 Å². The van der Waals surface area contributed by atoms with Crippen LogP contribution in [-0.2, 0) is 4.74 Å². The molecule has 1 aromatic rings. The molecule has 0 bridgehead atoms. The molecule has 0 fully saturated rings. The lowest BCUT2D eigenvalue weighted by molar-refractivity contribution is 0.0600. The Labute approximate surface area is 114 Å². The van der Waals surface area contributed by atoms with Crippen molar-refractivity contribution in [2.24, 2.45) is 0 Å². The first-order valence-electron chi connectivity index (χ1n) is 4.78. The van der Waals surface area contributed by atoms with E-state index in [0.717, 1.165) is 0 Å². The average molecular weight is 295 g/mol. The van der Waals surface area contributed by atoms with Crippen molar-refractivity contribution in [2.75, 3.05) is 28.4 Å². The maximum Gasteiger partial charge on any atom is 0.341 e. The lowest BCUT2D eigenvalue weighted by Crippen LogP contribution is -2.07. The van der Waals surface area contributed by atoms with Crippen molar-refractivity contribution in [3.8, 4) is 17.2 Å². The summed E-state index contributed by atoms with van der Waals surface area (Å²) in [6, 6.07) is 0. The molecule has 0 heterocycles. The molecule has 0 N–H and O–H groups in total. The molecule has 0 aliphatic rings. The highest BCUT2D eigenvalue weighted by Crippen LogP contribution is 2.49. The lowest BCUT2D eigenvalue weighted by atomic mass is 10.1. The third-order valence-corrected chi connectivity index (χ3v) is 2.97. The van der Waals surface area contributed by atoms with E-state index in [4.69, 9.17) is 37.4 Å². The molecule has 18 heavy (non-hydrogen) atoms. The topological polar surface area (TPSA) is 54.0 Å². The number of ether oxygens (including phenoxy) is 4. The van der Waals surface area contributed by atoms with Crippen molar-refractivity contribution >= 4 is 29.2 Å². The standard InChI is InChI=1S/C11H12Cl2O5/c1-15-8-6(12)5(11(14)18-4)7(13)9(16-2)10(8)17-3/h1-4H3. The van der Waals surface area contributed by atoms with Gasteiger partial charge in [-0.2, -0.15) is 0 Å². The fourth-order valence-corrected chi connectivity index (χ4v) is 2.17. The van der Waals surface area contributed by atoms with Crippen molar-refractivity contribution < 1.29 is 23.7 Å². The first kappa shape index (κ1) is 14.7. The summed E-state index contributed by atoms with van der Waals surface area (Å²) in [6.07, 6.45) is 0. The molecule has 0 atom stereocenters. The van der Waals surface area contributed by atoms with Crippen molar-refractivity contribution in [3.63, 3.8) is 0 Å². The molecule has 0 saturated carbocycles. The van der Waals surface area contributed by atoms with Gasteiger partial charge < -0.3 is 18.9 Å². The van der Waals surface area contributed by atoms with Gasteiger partial charge in [0.15, 0.2) is 11.5 Å². The van der Waals surface area contributed by atoms with Crippen LogP contribution in [-0.4, -0.2) is 34.4 Å². The normalized spacial score (nSPS) is 9.89. The van der Waals surface area contributed by atoms with Crippen LogP contribution in [0.5, 0.6) is 17.2 Å². The van der Waals surface area contributed by atoms with E-state index in [1.165, 1.54) is 28.4 Å². The number of benzene rings is 1. The number of rotatable bonds is 4. The molecule has 0 saturated heterocycles. The Bertz CT molecular complexity index is 442. The molecule has 0 aliphatic heterocycles. The lowest BCUT2D eigenvalue weighted by Gasteiger charge is -2.17. The highest BCUT2D eigenvalue weighted by molar-refractivity contribution is 6.41. The maximum atomic E-state index is 11.6. The van der Waals surface area contributed by atoms with Gasteiger partial charge in [0.2, 0.25) is 5.75 Å². The quantitative estimate of drug-likeness (QED) is 0.799. The zero-order chi connectivity index (χ0) is 13.9. The molecule has 0 aromatic heterocycles. The van der Waals surface area contributed by atoms with Crippen molar-refractivity contribution in [1.29, 1.82) is 0 Å². The van der Waals surface area contributed by atoms with Gasteiger partial charge in [0.25, 0.3) is 0 Å². The molecule has 0 unspecified atom stereocenters. The van der Waals surface area contributed by atoms with Gasteiger partial charge in [-0.3, -0.25) is 0 Å². The minimum atomic E-state index is -0.691. The van der Waals surface area contributed by atoms with Crippen LogP contribution in [0.3, 0.4) is 0 Å². The second-order valence-electron chi connectivity index (χ2n) is 3.09. The number of carbonyl (C=O) groups excluding carboxylic acids is 1. The molecule has 1 aromatic carbocycles. The number of hydrogen-bond donors (Lipinski definition) is 0. The molecule has 0 aliphatic carbocycles. The Morgan fingerprint density at radius 1 is 0.833 bits per heavy atom. The first-order chi connectivity index (χ1) is 8.53. The molecule has 0 radical (unpaired) electrons. The summed E-state index contributed by atoms with van der Waals surface area (Å²) < 4.78 is 19.9. The van der Waals surface area contributed by atoms with Gasteiger partial charge in [-0.15, -0.1) is 0 Å². The van der Waals surface area contributed by atoms with Crippen LogP contribution in [0.25, 0.3) is 0 Å². The van der Waals surface area contributed by atoms with Crippen molar-refractivity contribution in [2.45, 2.75) is 0 Å². The number of halogens is 2. The molecular weight excluding hydrogens is 283 g/mol. The summed E-state index contributed by atoms with van der Waals surface area (Å²) in [5.41, 5.74) is -0.0321. The van der Waals surface area contributed by atoms with E-state index in [0.29, 0.717) is 0 Å². The Kier molecular flexibility index (Phi) is 4.93. The van der Waals surface area contributed by atoms with Gasteiger partial charge in [0.1, 0.15) is 15.6 Å². The summed E-state index contributed by atoms with van der Waals surface area (Å²) in [4.78, 5) is 11.6. The van der Waals surface area contributed by atoms with E-state index in [-0.39, 0.29) is 32.9 Å².